The van der Waals surface area contributed by atoms with E-state index in [4.69, 9.17) is 0 Å². The van der Waals surface area contributed by atoms with E-state index in [1.54, 1.807) is 0 Å². The van der Waals surface area contributed by atoms with Crippen molar-refractivity contribution in [3.8, 4) is 0 Å². The van der Waals surface area contributed by atoms with Crippen molar-refractivity contribution in [2.45, 2.75) is 52.6 Å². The number of benzene rings is 1. The molecule has 0 saturated carbocycles. The number of rotatable bonds is 4. The van der Waals surface area contributed by atoms with Crippen molar-refractivity contribution in [2.24, 2.45) is 0 Å². The van der Waals surface area contributed by atoms with Crippen LogP contribution >= 0.6 is 0 Å². The predicted molar refractivity (Wildman–Crippen MR) is 85.1 cm³/mol. The molecule has 0 saturated heterocycles. The summed E-state index contributed by atoms with van der Waals surface area (Å²) in [7, 11) is 0. The largest absolute Gasteiger partial charge is 0.381 e. The third-order valence-electron chi connectivity index (χ3n) is 3.40. The monoisotopic (exact) mass is 271 g/mol. The van der Waals surface area contributed by atoms with E-state index in [0.717, 1.165) is 6.54 Å². The minimum atomic E-state index is 0.145. The van der Waals surface area contributed by atoms with Gasteiger partial charge in [0.05, 0.1) is 6.20 Å². The molecule has 0 fully saturated rings. The molecule has 0 aliphatic rings. The Hall–Kier alpha value is -1.77. The Morgan fingerprint density at radius 3 is 2.50 bits per heavy atom. The number of anilines is 1. The maximum absolute atomic E-state index is 4.38. The molecule has 0 atom stereocenters. The summed E-state index contributed by atoms with van der Waals surface area (Å²) >= 11 is 0. The fourth-order valence-corrected chi connectivity index (χ4v) is 2.24. The van der Waals surface area contributed by atoms with Crippen LogP contribution in [0.1, 0.15) is 51.8 Å². The molecule has 0 aliphatic heterocycles. The fraction of sp³-hybridized carbons (Fsp3) is 0.471. The van der Waals surface area contributed by atoms with Crippen LogP contribution in [0.15, 0.2) is 36.7 Å². The second kappa shape index (κ2) is 5.70. The van der Waals surface area contributed by atoms with Crippen LogP contribution in [-0.2, 0) is 12.0 Å². The first-order valence-electron chi connectivity index (χ1n) is 7.24. The van der Waals surface area contributed by atoms with Gasteiger partial charge in [-0.2, -0.15) is 5.10 Å². The lowest BCUT2D eigenvalue weighted by molar-refractivity contribution is 0.532. The first kappa shape index (κ1) is 14.6. The van der Waals surface area contributed by atoms with Gasteiger partial charge in [0.2, 0.25) is 0 Å². The maximum atomic E-state index is 4.38. The van der Waals surface area contributed by atoms with Crippen LogP contribution < -0.4 is 5.32 Å². The lowest BCUT2D eigenvalue weighted by atomic mass is 9.86. The Morgan fingerprint density at radius 1 is 1.20 bits per heavy atom. The molecule has 0 spiro atoms. The highest BCUT2D eigenvalue weighted by atomic mass is 15.3. The smallest absolute Gasteiger partial charge is 0.0539 e. The van der Waals surface area contributed by atoms with Crippen molar-refractivity contribution in [3.05, 3.63) is 47.8 Å². The molecule has 108 valence electrons. The van der Waals surface area contributed by atoms with E-state index in [-0.39, 0.29) is 5.41 Å². The SMILES string of the molecule is CC(C)n1cc(CNc2ccccc2C(C)(C)C)cn1. The van der Waals surface area contributed by atoms with Crippen LogP contribution in [0, 0.1) is 0 Å². The fourth-order valence-electron chi connectivity index (χ4n) is 2.24. The molecule has 2 aromatic rings. The summed E-state index contributed by atoms with van der Waals surface area (Å²) in [6.45, 7) is 11.8. The molecule has 0 unspecified atom stereocenters. The summed E-state index contributed by atoms with van der Waals surface area (Å²) in [6.07, 6.45) is 4.05. The molecule has 0 amide bonds. The van der Waals surface area contributed by atoms with Crippen LogP contribution in [0.3, 0.4) is 0 Å². The minimum absolute atomic E-state index is 0.145. The Kier molecular flexibility index (Phi) is 4.17. The summed E-state index contributed by atoms with van der Waals surface area (Å²) in [4.78, 5) is 0. The standard InChI is InChI=1S/C17H25N3/c1-13(2)20-12-14(11-19-20)10-18-16-9-7-6-8-15(16)17(3,4)5/h6-9,11-13,18H,10H2,1-5H3. The molecule has 0 radical (unpaired) electrons. The topological polar surface area (TPSA) is 29.9 Å². The molecule has 20 heavy (non-hydrogen) atoms. The molecule has 3 heteroatoms. The molecule has 2 rings (SSSR count). The average molecular weight is 271 g/mol. The second-order valence-electron chi connectivity index (χ2n) is 6.57. The lowest BCUT2D eigenvalue weighted by Gasteiger charge is -2.23. The number of para-hydroxylation sites is 1. The third-order valence-corrected chi connectivity index (χ3v) is 3.40. The Labute approximate surface area is 122 Å². The van der Waals surface area contributed by atoms with E-state index in [9.17, 15) is 0 Å². The predicted octanol–water partition coefficient (Wildman–Crippen LogP) is 4.37. The van der Waals surface area contributed by atoms with Gasteiger partial charge in [-0.05, 0) is 30.9 Å². The molecule has 0 bridgehead atoms. The highest BCUT2D eigenvalue weighted by Gasteiger charge is 2.17. The average Bonchev–Trinajstić information content (AvgIpc) is 2.84. The molecule has 3 nitrogen and oxygen atoms in total. The normalized spacial score (nSPS) is 11.9. The number of hydrogen-bond acceptors (Lipinski definition) is 2. The van der Waals surface area contributed by atoms with Gasteiger partial charge in [0.15, 0.2) is 0 Å². The van der Waals surface area contributed by atoms with Gasteiger partial charge in [0, 0.05) is 30.0 Å². The zero-order valence-corrected chi connectivity index (χ0v) is 13.1. The maximum Gasteiger partial charge on any atom is 0.0539 e. The Bertz CT molecular complexity index is 562. The van der Waals surface area contributed by atoms with E-state index in [0.29, 0.717) is 6.04 Å². The van der Waals surface area contributed by atoms with Crippen molar-refractivity contribution in [3.63, 3.8) is 0 Å². The van der Waals surface area contributed by atoms with Crippen LogP contribution in [0.4, 0.5) is 5.69 Å². The van der Waals surface area contributed by atoms with Crippen LogP contribution in [-0.4, -0.2) is 9.78 Å². The molecule has 1 N–H and O–H groups in total. The van der Waals surface area contributed by atoms with Crippen LogP contribution in [0.25, 0.3) is 0 Å². The van der Waals surface area contributed by atoms with Crippen molar-refractivity contribution >= 4 is 5.69 Å². The zero-order valence-electron chi connectivity index (χ0n) is 13.1. The zero-order chi connectivity index (χ0) is 14.8. The van der Waals surface area contributed by atoms with Gasteiger partial charge in [-0.25, -0.2) is 0 Å². The van der Waals surface area contributed by atoms with Crippen molar-refractivity contribution in [1.82, 2.24) is 9.78 Å². The Morgan fingerprint density at radius 2 is 1.90 bits per heavy atom. The van der Waals surface area contributed by atoms with E-state index >= 15 is 0 Å². The van der Waals surface area contributed by atoms with Gasteiger partial charge in [-0.3, -0.25) is 4.68 Å². The van der Waals surface area contributed by atoms with Crippen LogP contribution in [0.5, 0.6) is 0 Å². The first-order chi connectivity index (χ1) is 9.38. The third kappa shape index (κ3) is 3.41. The summed E-state index contributed by atoms with van der Waals surface area (Å²) in [5.41, 5.74) is 3.90. The van der Waals surface area contributed by atoms with Gasteiger partial charge in [0.1, 0.15) is 0 Å². The summed E-state index contributed by atoms with van der Waals surface area (Å²) < 4.78 is 1.99. The first-order valence-corrected chi connectivity index (χ1v) is 7.24. The molecular weight excluding hydrogens is 246 g/mol. The van der Waals surface area contributed by atoms with Gasteiger partial charge in [-0.15, -0.1) is 0 Å². The Balaban J connectivity index is 2.11. The van der Waals surface area contributed by atoms with Gasteiger partial charge in [-0.1, -0.05) is 39.0 Å². The van der Waals surface area contributed by atoms with E-state index in [2.05, 4.69) is 75.5 Å². The molecule has 0 aliphatic carbocycles. The molecule has 1 aromatic carbocycles. The summed E-state index contributed by atoms with van der Waals surface area (Å²) in [5.74, 6) is 0. The number of nitrogens with zero attached hydrogens (tertiary/aromatic N) is 2. The number of aromatic nitrogens is 2. The van der Waals surface area contributed by atoms with Crippen molar-refractivity contribution < 1.29 is 0 Å². The number of hydrogen-bond donors (Lipinski definition) is 1. The van der Waals surface area contributed by atoms with Gasteiger partial charge < -0.3 is 5.32 Å². The van der Waals surface area contributed by atoms with Crippen molar-refractivity contribution in [1.29, 1.82) is 0 Å². The van der Waals surface area contributed by atoms with Gasteiger partial charge in [0.25, 0.3) is 0 Å². The highest BCUT2D eigenvalue weighted by Crippen LogP contribution is 2.29. The summed E-state index contributed by atoms with van der Waals surface area (Å²) in [5, 5.41) is 7.91. The van der Waals surface area contributed by atoms with E-state index in [1.165, 1.54) is 16.8 Å². The highest BCUT2D eigenvalue weighted by molar-refractivity contribution is 5.54. The van der Waals surface area contributed by atoms with Crippen molar-refractivity contribution in [2.75, 3.05) is 5.32 Å². The van der Waals surface area contributed by atoms with Crippen LogP contribution in [0.2, 0.25) is 0 Å². The minimum Gasteiger partial charge on any atom is -0.381 e. The molecular formula is C17H25N3. The quantitative estimate of drug-likeness (QED) is 0.894. The van der Waals surface area contributed by atoms with E-state index in [1.807, 2.05) is 10.9 Å². The molecule has 1 aromatic heterocycles. The number of nitrogens with one attached hydrogen (secondary N) is 1. The lowest BCUT2D eigenvalue weighted by Crippen LogP contribution is -2.14. The second-order valence-corrected chi connectivity index (χ2v) is 6.57. The van der Waals surface area contributed by atoms with E-state index < -0.39 is 0 Å². The van der Waals surface area contributed by atoms with Gasteiger partial charge >= 0.3 is 0 Å². The summed E-state index contributed by atoms with van der Waals surface area (Å²) in [6, 6.07) is 8.93. The molecule has 1 heterocycles.